The van der Waals surface area contributed by atoms with E-state index in [2.05, 4.69) is 19.7 Å². The summed E-state index contributed by atoms with van der Waals surface area (Å²) in [6, 6.07) is 0. The van der Waals surface area contributed by atoms with E-state index in [1.165, 1.54) is 0 Å². The van der Waals surface area contributed by atoms with Crippen molar-refractivity contribution in [1.82, 2.24) is 0 Å². The molecule has 0 aromatic carbocycles. The number of carboxylic acid groups (broad SMARTS) is 1. The second-order valence-corrected chi connectivity index (χ2v) is 0.542. The standard InChI is InChI=1S/C3H4O2.C2H4.CH3.Na/c1-2-3(4)5;1-2;;/h2H,1H2,(H,4,5);1-2H2;1H3;/q;;-1;+1. The van der Waals surface area contributed by atoms with Gasteiger partial charge in [-0.3, -0.25) is 0 Å². The Kier molecular flexibility index (Phi) is 63.1. The first-order valence-corrected chi connectivity index (χ1v) is 1.62. The fourth-order valence-electron chi connectivity index (χ4n) is 0. The number of hydrogen-bond donors (Lipinski definition) is 1. The van der Waals surface area contributed by atoms with Crippen molar-refractivity contribution in [3.63, 3.8) is 0 Å². The van der Waals surface area contributed by atoms with Crippen molar-refractivity contribution in [1.29, 1.82) is 0 Å². The third kappa shape index (κ3) is 74.0. The minimum atomic E-state index is -0.981. The zero-order valence-electron chi connectivity index (χ0n) is 6.05. The smallest absolute Gasteiger partial charge is 0.478 e. The zero-order valence-corrected chi connectivity index (χ0v) is 8.05. The summed E-state index contributed by atoms with van der Waals surface area (Å²) >= 11 is 0. The summed E-state index contributed by atoms with van der Waals surface area (Å²) in [6.45, 7) is 8.96. The molecule has 0 saturated carbocycles. The maximum Gasteiger partial charge on any atom is 1.00 e. The molecule has 0 atom stereocenters. The Morgan fingerprint density at radius 2 is 1.56 bits per heavy atom. The van der Waals surface area contributed by atoms with Gasteiger partial charge in [0.05, 0.1) is 0 Å². The van der Waals surface area contributed by atoms with Crippen molar-refractivity contribution >= 4 is 5.97 Å². The molecule has 0 aliphatic carbocycles. The van der Waals surface area contributed by atoms with Gasteiger partial charge in [0, 0.05) is 6.08 Å². The van der Waals surface area contributed by atoms with Crippen molar-refractivity contribution in [2.24, 2.45) is 0 Å². The maximum atomic E-state index is 9.25. The minimum absolute atomic E-state index is 0. The molecule has 0 fully saturated rings. The van der Waals surface area contributed by atoms with Crippen LogP contribution >= 0.6 is 0 Å². The van der Waals surface area contributed by atoms with Gasteiger partial charge in [0.1, 0.15) is 0 Å². The van der Waals surface area contributed by atoms with Crippen molar-refractivity contribution in [3.8, 4) is 0 Å². The number of carbonyl (C=O) groups is 1. The summed E-state index contributed by atoms with van der Waals surface area (Å²) in [5, 5.41) is 7.60. The number of carboxylic acids is 1. The Balaban J connectivity index is -0.0000000286. The Morgan fingerprint density at radius 1 is 1.44 bits per heavy atom. The fraction of sp³-hybridized carbons (Fsp3) is 0. The second kappa shape index (κ2) is 24.6. The van der Waals surface area contributed by atoms with Gasteiger partial charge in [-0.25, -0.2) is 4.79 Å². The quantitative estimate of drug-likeness (QED) is 0.207. The molecular weight excluding hydrogens is 127 g/mol. The van der Waals surface area contributed by atoms with E-state index < -0.39 is 5.97 Å². The van der Waals surface area contributed by atoms with Crippen LogP contribution in [0.2, 0.25) is 0 Å². The first kappa shape index (κ1) is 23.1. The molecule has 2 nitrogen and oxygen atoms in total. The Bertz CT molecular complexity index is 71.5. The largest absolute Gasteiger partial charge is 1.00 e. The van der Waals surface area contributed by atoms with Crippen LogP contribution in [-0.4, -0.2) is 11.1 Å². The normalized spacial score (nSPS) is 4.00. The SMILES string of the molecule is C=C.C=CC(=O)O.[CH3-].[Na+]. The minimum Gasteiger partial charge on any atom is -0.478 e. The van der Waals surface area contributed by atoms with E-state index in [4.69, 9.17) is 5.11 Å². The summed E-state index contributed by atoms with van der Waals surface area (Å²) in [5.74, 6) is -0.981. The van der Waals surface area contributed by atoms with Crippen molar-refractivity contribution in [2.45, 2.75) is 0 Å². The fourth-order valence-corrected chi connectivity index (χ4v) is 0. The molecule has 0 radical (unpaired) electrons. The van der Waals surface area contributed by atoms with E-state index in [0.29, 0.717) is 0 Å². The zero-order chi connectivity index (χ0) is 6.28. The van der Waals surface area contributed by atoms with Gasteiger partial charge in [-0.2, -0.15) is 0 Å². The summed E-state index contributed by atoms with van der Waals surface area (Å²) in [5.41, 5.74) is 0. The van der Waals surface area contributed by atoms with Crippen LogP contribution in [-0.2, 0) is 4.79 Å². The Labute approximate surface area is 78.6 Å². The number of aliphatic carboxylic acids is 1. The van der Waals surface area contributed by atoms with Gasteiger partial charge < -0.3 is 12.5 Å². The summed E-state index contributed by atoms with van der Waals surface area (Å²) in [4.78, 5) is 9.25. The Morgan fingerprint density at radius 3 is 1.56 bits per heavy atom. The molecule has 0 aliphatic rings. The molecule has 3 heteroatoms. The molecule has 48 valence electrons. The maximum absolute atomic E-state index is 9.25. The molecule has 0 unspecified atom stereocenters. The Hall–Kier alpha value is -0.0500. The summed E-state index contributed by atoms with van der Waals surface area (Å²) in [6.07, 6.45) is 0.833. The molecule has 0 heterocycles. The van der Waals surface area contributed by atoms with E-state index in [-0.39, 0.29) is 37.0 Å². The van der Waals surface area contributed by atoms with Crippen molar-refractivity contribution < 1.29 is 39.5 Å². The molecule has 0 aromatic rings. The van der Waals surface area contributed by atoms with E-state index in [1.54, 1.807) is 0 Å². The third-order valence-corrected chi connectivity index (χ3v) is 0.175. The molecule has 0 amide bonds. The molecule has 0 bridgehead atoms. The van der Waals surface area contributed by atoms with Crippen LogP contribution in [0.3, 0.4) is 0 Å². The molecule has 0 aliphatic heterocycles. The van der Waals surface area contributed by atoms with Crippen LogP contribution in [0.25, 0.3) is 0 Å². The van der Waals surface area contributed by atoms with Crippen LogP contribution in [0.5, 0.6) is 0 Å². The number of rotatable bonds is 1. The molecule has 9 heavy (non-hydrogen) atoms. The van der Waals surface area contributed by atoms with Crippen LogP contribution < -0.4 is 29.6 Å². The van der Waals surface area contributed by atoms with Gasteiger partial charge in [0.25, 0.3) is 0 Å². The molecule has 1 N–H and O–H groups in total. The van der Waals surface area contributed by atoms with Crippen LogP contribution in [0.15, 0.2) is 25.8 Å². The van der Waals surface area contributed by atoms with Crippen LogP contribution in [0.1, 0.15) is 0 Å². The average Bonchev–Trinajstić information content (AvgIpc) is 1.73. The third-order valence-electron chi connectivity index (χ3n) is 0.175. The molecule has 0 spiro atoms. The van der Waals surface area contributed by atoms with E-state index in [1.807, 2.05) is 0 Å². The first-order valence-electron chi connectivity index (χ1n) is 1.62. The van der Waals surface area contributed by atoms with Gasteiger partial charge in [0.2, 0.25) is 0 Å². The summed E-state index contributed by atoms with van der Waals surface area (Å²) in [7, 11) is 0. The average molecular weight is 138 g/mol. The topological polar surface area (TPSA) is 37.3 Å². The molecule has 0 rings (SSSR count). The summed E-state index contributed by atoms with van der Waals surface area (Å²) < 4.78 is 0. The second-order valence-electron chi connectivity index (χ2n) is 0.542. The van der Waals surface area contributed by atoms with Crippen LogP contribution in [0.4, 0.5) is 0 Å². The van der Waals surface area contributed by atoms with E-state index in [9.17, 15) is 4.79 Å². The van der Waals surface area contributed by atoms with Gasteiger partial charge in [-0.1, -0.05) is 6.58 Å². The first-order chi connectivity index (χ1) is 3.27. The van der Waals surface area contributed by atoms with Gasteiger partial charge in [-0.05, 0) is 0 Å². The molecular formula is C6H11NaO2. The number of hydrogen-bond acceptors (Lipinski definition) is 1. The van der Waals surface area contributed by atoms with Crippen molar-refractivity contribution in [2.75, 3.05) is 0 Å². The van der Waals surface area contributed by atoms with Gasteiger partial charge in [0.15, 0.2) is 0 Å². The van der Waals surface area contributed by atoms with Crippen LogP contribution in [0, 0.1) is 7.43 Å². The van der Waals surface area contributed by atoms with E-state index in [0.717, 1.165) is 6.08 Å². The van der Waals surface area contributed by atoms with Gasteiger partial charge in [-0.15, -0.1) is 13.2 Å². The monoisotopic (exact) mass is 138 g/mol. The van der Waals surface area contributed by atoms with E-state index >= 15 is 0 Å². The molecule has 0 aromatic heterocycles. The van der Waals surface area contributed by atoms with Gasteiger partial charge >= 0.3 is 35.5 Å². The predicted molar refractivity (Wildman–Crippen MR) is 35.5 cm³/mol. The molecule has 0 saturated heterocycles. The van der Waals surface area contributed by atoms with Crippen molar-refractivity contribution in [3.05, 3.63) is 33.2 Å². The predicted octanol–water partition coefficient (Wildman–Crippen LogP) is -1.49.